The summed E-state index contributed by atoms with van der Waals surface area (Å²) in [6, 6.07) is 23.9. The number of hydrogen-bond acceptors (Lipinski definition) is 5. The highest BCUT2D eigenvalue weighted by Crippen LogP contribution is 2.30. The van der Waals surface area contributed by atoms with E-state index in [0.717, 1.165) is 15.4 Å². The van der Waals surface area contributed by atoms with E-state index in [1.165, 1.54) is 17.0 Å². The third-order valence-electron chi connectivity index (χ3n) is 6.41. The van der Waals surface area contributed by atoms with Gasteiger partial charge in [0.05, 0.1) is 5.56 Å². The maximum atomic E-state index is 13.8. The van der Waals surface area contributed by atoms with Crippen LogP contribution in [-0.4, -0.2) is 53.5 Å². The third-order valence-corrected chi connectivity index (χ3v) is 8.25. The molecule has 0 bridgehead atoms. The van der Waals surface area contributed by atoms with E-state index >= 15 is 0 Å². The molecule has 0 aromatic heterocycles. The molecule has 1 aliphatic heterocycles. The van der Waals surface area contributed by atoms with Crippen molar-refractivity contribution in [3.63, 3.8) is 0 Å². The van der Waals surface area contributed by atoms with Gasteiger partial charge >= 0.3 is 0 Å². The van der Waals surface area contributed by atoms with Crippen LogP contribution in [0.4, 0.5) is 0 Å². The summed E-state index contributed by atoms with van der Waals surface area (Å²) in [4.78, 5) is 41.7. The predicted molar refractivity (Wildman–Crippen MR) is 148 cm³/mol. The first-order chi connectivity index (χ1) is 18.5. The molecule has 0 radical (unpaired) electrons. The van der Waals surface area contributed by atoms with Gasteiger partial charge in [-0.3, -0.25) is 14.4 Å². The Balaban J connectivity index is 1.63. The lowest BCUT2D eigenvalue weighted by atomic mass is 10.0. The van der Waals surface area contributed by atoms with Gasteiger partial charge in [-0.15, -0.1) is 0 Å². The quantitative estimate of drug-likeness (QED) is 0.439. The molecule has 39 heavy (non-hydrogen) atoms. The van der Waals surface area contributed by atoms with Gasteiger partial charge in [0, 0.05) is 31.5 Å². The summed E-state index contributed by atoms with van der Waals surface area (Å²) in [5, 5.41) is 3.00. The van der Waals surface area contributed by atoms with Crippen LogP contribution in [0.25, 0.3) is 0 Å². The minimum atomic E-state index is -4.05. The fourth-order valence-corrected chi connectivity index (χ4v) is 6.15. The van der Waals surface area contributed by atoms with Crippen molar-refractivity contribution in [2.45, 2.75) is 56.6 Å². The molecule has 9 heteroatoms. The second-order valence-electron chi connectivity index (χ2n) is 10.6. The van der Waals surface area contributed by atoms with E-state index < -0.39 is 33.4 Å². The minimum absolute atomic E-state index is 0.0601. The van der Waals surface area contributed by atoms with E-state index in [1.54, 1.807) is 12.1 Å². The smallest absolute Gasteiger partial charge is 0.269 e. The number of carbonyl (C=O) groups is 3. The molecular formula is C30H33N3O5S. The summed E-state index contributed by atoms with van der Waals surface area (Å²) in [7, 11) is -4.05. The standard InChI is InChI=1S/C30H33N3O5S/c1-30(2,3)31-28(35)25(20-22-12-6-4-7-13-22)32(21-23-14-8-5-9-15-23)27(34)18-19-33-29(36)24-16-10-11-17-26(24)39(33,37)38/h4-17,25H,18-21H2,1-3H3,(H,31,35). The molecular weight excluding hydrogens is 514 g/mol. The van der Waals surface area contributed by atoms with Crippen LogP contribution in [0.1, 0.15) is 48.7 Å². The van der Waals surface area contributed by atoms with Gasteiger partial charge in [-0.25, -0.2) is 12.7 Å². The van der Waals surface area contributed by atoms with Crippen molar-refractivity contribution in [2.24, 2.45) is 0 Å². The van der Waals surface area contributed by atoms with Crippen molar-refractivity contribution in [3.8, 4) is 0 Å². The number of sulfonamides is 1. The summed E-state index contributed by atoms with van der Waals surface area (Å²) in [5.41, 5.74) is 1.27. The number of carbonyl (C=O) groups excluding carboxylic acids is 3. The zero-order valence-corrected chi connectivity index (χ0v) is 23.1. The van der Waals surface area contributed by atoms with Crippen molar-refractivity contribution in [3.05, 3.63) is 102 Å². The number of amides is 3. The van der Waals surface area contributed by atoms with E-state index in [2.05, 4.69) is 5.32 Å². The zero-order chi connectivity index (χ0) is 28.2. The van der Waals surface area contributed by atoms with Crippen LogP contribution in [0.2, 0.25) is 0 Å². The van der Waals surface area contributed by atoms with Gasteiger partial charge in [0.1, 0.15) is 10.9 Å². The predicted octanol–water partition coefficient (Wildman–Crippen LogP) is 3.78. The van der Waals surface area contributed by atoms with Gasteiger partial charge in [0.25, 0.3) is 15.9 Å². The fraction of sp³-hybridized carbons (Fsp3) is 0.300. The lowest BCUT2D eigenvalue weighted by Crippen LogP contribution is -2.54. The number of fused-ring (bicyclic) bond motifs is 1. The third kappa shape index (κ3) is 6.54. The molecule has 1 atom stereocenters. The summed E-state index contributed by atoms with van der Waals surface area (Å²) in [6.45, 7) is 5.44. The van der Waals surface area contributed by atoms with Crippen LogP contribution in [-0.2, 0) is 32.6 Å². The first-order valence-corrected chi connectivity index (χ1v) is 14.3. The van der Waals surface area contributed by atoms with Crippen LogP contribution >= 0.6 is 0 Å². The first-order valence-electron chi connectivity index (χ1n) is 12.8. The minimum Gasteiger partial charge on any atom is -0.350 e. The molecule has 3 aromatic rings. The van der Waals surface area contributed by atoms with Crippen molar-refractivity contribution < 1.29 is 22.8 Å². The first kappa shape index (κ1) is 28.0. The maximum absolute atomic E-state index is 13.8. The lowest BCUT2D eigenvalue weighted by Gasteiger charge is -2.34. The normalized spacial score (nSPS) is 14.9. The Bertz CT molecular complexity index is 1450. The van der Waals surface area contributed by atoms with Gasteiger partial charge in [-0.05, 0) is 44.0 Å². The Morgan fingerprint density at radius 3 is 2.03 bits per heavy atom. The monoisotopic (exact) mass is 547 g/mol. The molecule has 1 heterocycles. The molecule has 1 aliphatic rings. The largest absolute Gasteiger partial charge is 0.350 e. The number of hydrogen-bond donors (Lipinski definition) is 1. The van der Waals surface area contributed by atoms with Crippen LogP contribution in [0.5, 0.6) is 0 Å². The molecule has 0 spiro atoms. The van der Waals surface area contributed by atoms with E-state index in [4.69, 9.17) is 0 Å². The molecule has 0 saturated heterocycles. The Labute approximate surface area is 229 Å². The molecule has 4 rings (SSSR count). The van der Waals surface area contributed by atoms with Crippen molar-refractivity contribution in [1.82, 2.24) is 14.5 Å². The molecule has 204 valence electrons. The van der Waals surface area contributed by atoms with Crippen molar-refractivity contribution in [1.29, 1.82) is 0 Å². The topological polar surface area (TPSA) is 104 Å². The van der Waals surface area contributed by atoms with E-state index in [0.29, 0.717) is 0 Å². The van der Waals surface area contributed by atoms with E-state index in [9.17, 15) is 22.8 Å². The Hall–Kier alpha value is -3.98. The van der Waals surface area contributed by atoms with Gasteiger partial charge in [-0.1, -0.05) is 72.8 Å². The van der Waals surface area contributed by atoms with Gasteiger partial charge in [0.15, 0.2) is 0 Å². The van der Waals surface area contributed by atoms with Gasteiger partial charge < -0.3 is 10.2 Å². The molecule has 1 unspecified atom stereocenters. The highest BCUT2D eigenvalue weighted by atomic mass is 32.2. The summed E-state index contributed by atoms with van der Waals surface area (Å²) < 4.78 is 26.8. The van der Waals surface area contributed by atoms with Gasteiger partial charge in [-0.2, -0.15) is 0 Å². The highest BCUT2D eigenvalue weighted by Gasteiger charge is 2.41. The van der Waals surface area contributed by atoms with Crippen LogP contribution in [0.15, 0.2) is 89.8 Å². The molecule has 3 amide bonds. The summed E-state index contributed by atoms with van der Waals surface area (Å²) in [5.74, 6) is -1.39. The van der Waals surface area contributed by atoms with Crippen molar-refractivity contribution in [2.75, 3.05) is 6.54 Å². The zero-order valence-electron chi connectivity index (χ0n) is 22.3. The summed E-state index contributed by atoms with van der Waals surface area (Å²) in [6.07, 6.45) is 0.00753. The molecule has 0 saturated carbocycles. The molecule has 1 N–H and O–H groups in total. The van der Waals surface area contributed by atoms with E-state index in [1.807, 2.05) is 81.4 Å². The van der Waals surface area contributed by atoms with E-state index in [-0.39, 0.29) is 42.3 Å². The Kier molecular flexibility index (Phi) is 8.20. The Morgan fingerprint density at radius 2 is 1.44 bits per heavy atom. The summed E-state index contributed by atoms with van der Waals surface area (Å²) >= 11 is 0. The number of rotatable bonds is 9. The molecule has 0 aliphatic carbocycles. The maximum Gasteiger partial charge on any atom is 0.269 e. The molecule has 3 aromatic carbocycles. The highest BCUT2D eigenvalue weighted by molar-refractivity contribution is 7.90. The van der Waals surface area contributed by atoms with Crippen LogP contribution < -0.4 is 5.32 Å². The number of benzene rings is 3. The average Bonchev–Trinajstić information content (AvgIpc) is 3.09. The lowest BCUT2D eigenvalue weighted by molar-refractivity contribution is -0.142. The number of nitrogens with zero attached hydrogens (tertiary/aromatic N) is 2. The SMILES string of the molecule is CC(C)(C)NC(=O)C(Cc1ccccc1)N(Cc1ccccc1)C(=O)CCN1C(=O)c2ccccc2S1(=O)=O. The second kappa shape index (κ2) is 11.4. The number of nitrogens with one attached hydrogen (secondary N) is 1. The van der Waals surface area contributed by atoms with Gasteiger partial charge in [0.2, 0.25) is 11.8 Å². The molecule has 8 nitrogen and oxygen atoms in total. The second-order valence-corrected chi connectivity index (χ2v) is 12.4. The molecule has 0 fully saturated rings. The van der Waals surface area contributed by atoms with Crippen LogP contribution in [0.3, 0.4) is 0 Å². The average molecular weight is 548 g/mol. The Morgan fingerprint density at radius 1 is 0.872 bits per heavy atom. The van der Waals surface area contributed by atoms with Crippen molar-refractivity contribution >= 4 is 27.7 Å². The van der Waals surface area contributed by atoms with Crippen LogP contribution in [0, 0.1) is 0 Å². The fourth-order valence-electron chi connectivity index (χ4n) is 4.58.